The molecule has 0 amide bonds. The molecule has 0 radical (unpaired) electrons. The molecule has 1 aromatic heterocycles. The predicted octanol–water partition coefficient (Wildman–Crippen LogP) is 6.39. The second-order valence-corrected chi connectivity index (χ2v) is 8.31. The van der Waals surface area contributed by atoms with Gasteiger partial charge in [0, 0.05) is 17.3 Å². The maximum absolute atomic E-state index is 5.02. The van der Waals surface area contributed by atoms with Crippen LogP contribution >= 0.6 is 0 Å². The summed E-state index contributed by atoms with van der Waals surface area (Å²) in [6.07, 6.45) is 15.5. The van der Waals surface area contributed by atoms with Crippen molar-refractivity contribution < 1.29 is 0 Å². The van der Waals surface area contributed by atoms with Crippen molar-refractivity contribution in [1.29, 1.82) is 0 Å². The molecule has 2 aliphatic rings. The van der Waals surface area contributed by atoms with E-state index in [-0.39, 0.29) is 5.92 Å². The average molecular weight is 362 g/mol. The predicted molar refractivity (Wildman–Crippen MR) is 114 cm³/mol. The third-order valence-electron chi connectivity index (χ3n) is 6.13. The van der Waals surface area contributed by atoms with Crippen LogP contribution in [0.15, 0.2) is 48.1 Å². The number of benzene rings is 1. The Morgan fingerprint density at radius 3 is 2.78 bits per heavy atom. The van der Waals surface area contributed by atoms with Crippen molar-refractivity contribution >= 4 is 16.7 Å². The molecule has 3 atom stereocenters. The SMILES string of the molecule is CC1CCCC(Nc2nc(C(C)C3=CCCC=C3)nc3ccccc23)CC1. The number of allylic oxidation sites excluding steroid dienone is 4. The van der Waals surface area contributed by atoms with E-state index in [2.05, 4.69) is 61.7 Å². The zero-order valence-electron chi connectivity index (χ0n) is 16.6. The molecule has 0 saturated heterocycles. The summed E-state index contributed by atoms with van der Waals surface area (Å²) in [6.45, 7) is 4.61. The fourth-order valence-corrected chi connectivity index (χ4v) is 4.33. The van der Waals surface area contributed by atoms with Crippen LogP contribution in [-0.4, -0.2) is 16.0 Å². The van der Waals surface area contributed by atoms with E-state index in [4.69, 9.17) is 9.97 Å². The van der Waals surface area contributed by atoms with Gasteiger partial charge in [0.25, 0.3) is 0 Å². The summed E-state index contributed by atoms with van der Waals surface area (Å²) in [5.41, 5.74) is 2.38. The first-order valence-electron chi connectivity index (χ1n) is 10.6. The van der Waals surface area contributed by atoms with Gasteiger partial charge >= 0.3 is 0 Å². The molecule has 1 heterocycles. The Bertz CT molecular complexity index is 852. The molecule has 3 heteroatoms. The molecule has 2 aliphatic carbocycles. The Morgan fingerprint density at radius 1 is 1.04 bits per heavy atom. The summed E-state index contributed by atoms with van der Waals surface area (Å²) in [4.78, 5) is 9.93. The van der Waals surface area contributed by atoms with Crippen LogP contribution in [0.3, 0.4) is 0 Å². The Morgan fingerprint density at radius 2 is 1.93 bits per heavy atom. The zero-order chi connectivity index (χ0) is 18.6. The van der Waals surface area contributed by atoms with Crippen LogP contribution in [0.25, 0.3) is 10.9 Å². The second-order valence-electron chi connectivity index (χ2n) is 8.31. The van der Waals surface area contributed by atoms with Crippen LogP contribution in [0.5, 0.6) is 0 Å². The van der Waals surface area contributed by atoms with Gasteiger partial charge in [-0.05, 0) is 55.7 Å². The number of anilines is 1. The monoisotopic (exact) mass is 361 g/mol. The van der Waals surface area contributed by atoms with Gasteiger partial charge in [-0.3, -0.25) is 0 Å². The van der Waals surface area contributed by atoms with Crippen LogP contribution < -0.4 is 5.32 Å². The van der Waals surface area contributed by atoms with E-state index in [1.165, 1.54) is 37.7 Å². The van der Waals surface area contributed by atoms with E-state index in [1.807, 2.05) is 0 Å². The van der Waals surface area contributed by atoms with E-state index in [9.17, 15) is 0 Å². The van der Waals surface area contributed by atoms with Gasteiger partial charge in [-0.1, -0.05) is 57.0 Å². The van der Waals surface area contributed by atoms with Crippen molar-refractivity contribution in [2.24, 2.45) is 5.92 Å². The summed E-state index contributed by atoms with van der Waals surface area (Å²) in [5.74, 6) is 3.01. The lowest BCUT2D eigenvalue weighted by molar-refractivity contribution is 0.502. The van der Waals surface area contributed by atoms with Gasteiger partial charge in [-0.15, -0.1) is 0 Å². The van der Waals surface area contributed by atoms with Crippen LogP contribution in [0.1, 0.15) is 70.5 Å². The molecule has 2 aromatic rings. The first kappa shape index (κ1) is 18.2. The molecule has 142 valence electrons. The number of fused-ring (bicyclic) bond motifs is 1. The average Bonchev–Trinajstić information content (AvgIpc) is 2.92. The highest BCUT2D eigenvalue weighted by atomic mass is 15.1. The first-order chi connectivity index (χ1) is 13.2. The molecule has 27 heavy (non-hydrogen) atoms. The zero-order valence-corrected chi connectivity index (χ0v) is 16.6. The molecule has 0 aliphatic heterocycles. The molecule has 1 N–H and O–H groups in total. The van der Waals surface area contributed by atoms with Gasteiger partial charge in [0.15, 0.2) is 0 Å². The Labute approximate surface area is 163 Å². The highest BCUT2D eigenvalue weighted by Crippen LogP contribution is 2.31. The van der Waals surface area contributed by atoms with Crippen molar-refractivity contribution in [3.63, 3.8) is 0 Å². The molecule has 1 fully saturated rings. The number of para-hydroxylation sites is 1. The maximum Gasteiger partial charge on any atom is 0.138 e. The van der Waals surface area contributed by atoms with Crippen molar-refractivity contribution in [3.8, 4) is 0 Å². The molecule has 0 spiro atoms. The largest absolute Gasteiger partial charge is 0.367 e. The van der Waals surface area contributed by atoms with Crippen LogP contribution in [0.4, 0.5) is 5.82 Å². The molecule has 3 nitrogen and oxygen atoms in total. The van der Waals surface area contributed by atoms with Crippen molar-refractivity contribution in [2.45, 2.75) is 70.8 Å². The lowest BCUT2D eigenvalue weighted by Crippen LogP contribution is -2.20. The first-order valence-corrected chi connectivity index (χ1v) is 10.6. The number of nitrogens with zero attached hydrogens (tertiary/aromatic N) is 2. The minimum Gasteiger partial charge on any atom is -0.367 e. The van der Waals surface area contributed by atoms with E-state index in [1.54, 1.807) is 0 Å². The van der Waals surface area contributed by atoms with Crippen LogP contribution in [-0.2, 0) is 0 Å². The molecular formula is C24H31N3. The molecule has 1 aromatic carbocycles. The Kier molecular flexibility index (Phi) is 5.56. The Hall–Kier alpha value is -2.16. The topological polar surface area (TPSA) is 37.8 Å². The van der Waals surface area contributed by atoms with Crippen molar-refractivity contribution in [2.75, 3.05) is 5.32 Å². The standard InChI is InChI=1S/C24H31N3/c1-17-9-8-12-20(16-15-17)25-24-21-13-6-7-14-22(21)26-23(27-24)18(2)19-10-4-3-5-11-19/h4,6-7,10-11,13-14,17-18,20H,3,5,8-9,12,15-16H2,1-2H3,(H,25,26,27). The summed E-state index contributed by atoms with van der Waals surface area (Å²) < 4.78 is 0. The number of aromatic nitrogens is 2. The van der Waals surface area contributed by atoms with Gasteiger partial charge < -0.3 is 5.32 Å². The van der Waals surface area contributed by atoms with Crippen molar-refractivity contribution in [1.82, 2.24) is 9.97 Å². The number of rotatable bonds is 4. The number of hydrogen-bond donors (Lipinski definition) is 1. The normalized spacial score (nSPS) is 24.3. The van der Waals surface area contributed by atoms with Gasteiger partial charge in [0.1, 0.15) is 11.6 Å². The maximum atomic E-state index is 5.02. The van der Waals surface area contributed by atoms with Gasteiger partial charge in [-0.25, -0.2) is 9.97 Å². The molecule has 3 unspecified atom stereocenters. The number of hydrogen-bond acceptors (Lipinski definition) is 3. The third-order valence-corrected chi connectivity index (χ3v) is 6.13. The Balaban J connectivity index is 1.66. The summed E-state index contributed by atoms with van der Waals surface area (Å²) in [5, 5.41) is 4.93. The van der Waals surface area contributed by atoms with Gasteiger partial charge in [0.2, 0.25) is 0 Å². The highest BCUT2D eigenvalue weighted by molar-refractivity contribution is 5.89. The fourth-order valence-electron chi connectivity index (χ4n) is 4.33. The quantitative estimate of drug-likeness (QED) is 0.641. The van der Waals surface area contributed by atoms with Gasteiger partial charge in [0.05, 0.1) is 5.52 Å². The minimum absolute atomic E-state index is 0.223. The fraction of sp³-hybridized carbons (Fsp3) is 0.500. The smallest absolute Gasteiger partial charge is 0.138 e. The molecule has 4 rings (SSSR count). The van der Waals surface area contributed by atoms with Crippen LogP contribution in [0, 0.1) is 5.92 Å². The van der Waals surface area contributed by atoms with E-state index in [0.29, 0.717) is 6.04 Å². The van der Waals surface area contributed by atoms with E-state index < -0.39 is 0 Å². The second kappa shape index (κ2) is 8.24. The summed E-state index contributed by atoms with van der Waals surface area (Å²) >= 11 is 0. The van der Waals surface area contributed by atoms with E-state index >= 15 is 0 Å². The number of nitrogens with one attached hydrogen (secondary N) is 1. The molecule has 0 bridgehead atoms. The third kappa shape index (κ3) is 4.23. The van der Waals surface area contributed by atoms with E-state index in [0.717, 1.165) is 41.3 Å². The molecule has 1 saturated carbocycles. The van der Waals surface area contributed by atoms with Crippen LogP contribution in [0.2, 0.25) is 0 Å². The van der Waals surface area contributed by atoms with Gasteiger partial charge in [-0.2, -0.15) is 0 Å². The minimum atomic E-state index is 0.223. The summed E-state index contributed by atoms with van der Waals surface area (Å²) in [6, 6.07) is 8.93. The highest BCUT2D eigenvalue weighted by Gasteiger charge is 2.20. The molecular weight excluding hydrogens is 330 g/mol. The summed E-state index contributed by atoms with van der Waals surface area (Å²) in [7, 11) is 0. The lowest BCUT2D eigenvalue weighted by Gasteiger charge is -2.21. The van der Waals surface area contributed by atoms with Crippen molar-refractivity contribution in [3.05, 3.63) is 53.9 Å². The lowest BCUT2D eigenvalue weighted by atomic mass is 9.95.